The second-order valence-corrected chi connectivity index (χ2v) is 8.16. The van der Waals surface area contributed by atoms with E-state index in [9.17, 15) is 4.79 Å². The van der Waals surface area contributed by atoms with E-state index >= 15 is 0 Å². The molecule has 1 amide bonds. The van der Waals surface area contributed by atoms with Gasteiger partial charge in [0.1, 0.15) is 11.5 Å². The molecule has 1 N–H and O–H groups in total. The second kappa shape index (κ2) is 8.09. The molecule has 0 aliphatic carbocycles. The molecular weight excluding hydrogens is 354 g/mol. The summed E-state index contributed by atoms with van der Waals surface area (Å²) in [6, 6.07) is 4.66. The SMILES string of the molecule is COC1CCN(C(=O)c2cc3cc(N4CCN(C(C)C)CC4)ncc3[nH]2)CC1. The summed E-state index contributed by atoms with van der Waals surface area (Å²) < 4.78 is 5.40. The van der Waals surface area contributed by atoms with Gasteiger partial charge in [-0.3, -0.25) is 9.69 Å². The molecule has 0 aromatic carbocycles. The van der Waals surface area contributed by atoms with Crippen LogP contribution >= 0.6 is 0 Å². The molecule has 2 fully saturated rings. The summed E-state index contributed by atoms with van der Waals surface area (Å²) in [5, 5.41) is 1.05. The number of hydrogen-bond acceptors (Lipinski definition) is 5. The van der Waals surface area contributed by atoms with E-state index in [0.717, 1.165) is 68.8 Å². The van der Waals surface area contributed by atoms with Crippen LogP contribution in [0.2, 0.25) is 0 Å². The van der Waals surface area contributed by atoms with Crippen LogP contribution in [0.5, 0.6) is 0 Å². The molecule has 4 rings (SSSR count). The van der Waals surface area contributed by atoms with E-state index < -0.39 is 0 Å². The Balaban J connectivity index is 1.46. The Morgan fingerprint density at radius 1 is 1.14 bits per heavy atom. The number of piperidine rings is 1. The molecule has 2 aromatic rings. The van der Waals surface area contributed by atoms with Crippen molar-refractivity contribution in [2.24, 2.45) is 0 Å². The highest BCUT2D eigenvalue weighted by atomic mass is 16.5. The average molecular weight is 386 g/mol. The molecule has 0 radical (unpaired) electrons. The number of carbonyl (C=O) groups excluding carboxylic acids is 1. The smallest absolute Gasteiger partial charge is 0.270 e. The average Bonchev–Trinajstić information content (AvgIpc) is 3.16. The highest BCUT2D eigenvalue weighted by molar-refractivity contribution is 5.98. The molecule has 0 unspecified atom stereocenters. The van der Waals surface area contributed by atoms with E-state index in [1.165, 1.54) is 0 Å². The molecule has 0 atom stereocenters. The molecule has 0 saturated carbocycles. The minimum atomic E-state index is 0.0675. The first kappa shape index (κ1) is 19.2. The monoisotopic (exact) mass is 385 g/mol. The number of methoxy groups -OCH3 is 1. The molecule has 2 aromatic heterocycles. The van der Waals surface area contributed by atoms with Crippen molar-refractivity contribution in [3.05, 3.63) is 24.0 Å². The van der Waals surface area contributed by atoms with Crippen molar-refractivity contribution >= 4 is 22.6 Å². The number of pyridine rings is 1. The van der Waals surface area contributed by atoms with Crippen molar-refractivity contribution < 1.29 is 9.53 Å². The van der Waals surface area contributed by atoms with Crippen LogP contribution in [0.3, 0.4) is 0 Å². The van der Waals surface area contributed by atoms with Crippen molar-refractivity contribution in [3.8, 4) is 0 Å². The second-order valence-electron chi connectivity index (χ2n) is 8.16. The number of rotatable bonds is 4. The molecule has 2 saturated heterocycles. The van der Waals surface area contributed by atoms with E-state index in [0.29, 0.717) is 11.7 Å². The maximum atomic E-state index is 12.9. The first-order valence-corrected chi connectivity index (χ1v) is 10.3. The summed E-state index contributed by atoms with van der Waals surface area (Å²) in [5.41, 5.74) is 1.56. The number of anilines is 1. The Hall–Kier alpha value is -2.12. The van der Waals surface area contributed by atoms with Crippen LogP contribution in [0.4, 0.5) is 5.82 Å². The first-order valence-electron chi connectivity index (χ1n) is 10.3. The van der Waals surface area contributed by atoms with Crippen LogP contribution in [0, 0.1) is 0 Å². The molecule has 2 aliphatic heterocycles. The van der Waals surface area contributed by atoms with Gasteiger partial charge in [-0.25, -0.2) is 4.98 Å². The van der Waals surface area contributed by atoms with Crippen molar-refractivity contribution in [2.75, 3.05) is 51.3 Å². The number of fused-ring (bicyclic) bond motifs is 1. The highest BCUT2D eigenvalue weighted by Crippen LogP contribution is 2.23. The van der Waals surface area contributed by atoms with Gasteiger partial charge >= 0.3 is 0 Å². The van der Waals surface area contributed by atoms with Crippen LogP contribution in [-0.2, 0) is 4.74 Å². The molecular formula is C21H31N5O2. The van der Waals surface area contributed by atoms with Crippen LogP contribution in [0.1, 0.15) is 37.2 Å². The summed E-state index contributed by atoms with van der Waals surface area (Å²) >= 11 is 0. The third-order valence-corrected chi connectivity index (χ3v) is 6.15. The predicted molar refractivity (Wildman–Crippen MR) is 111 cm³/mol. The first-order chi connectivity index (χ1) is 13.5. The number of H-pyrrole nitrogens is 1. The van der Waals surface area contributed by atoms with Crippen LogP contribution < -0.4 is 4.90 Å². The van der Waals surface area contributed by atoms with Crippen molar-refractivity contribution in [1.29, 1.82) is 0 Å². The van der Waals surface area contributed by atoms with Gasteiger partial charge in [-0.05, 0) is 38.8 Å². The summed E-state index contributed by atoms with van der Waals surface area (Å²) in [6.07, 6.45) is 3.93. The minimum Gasteiger partial charge on any atom is -0.381 e. The third-order valence-electron chi connectivity index (χ3n) is 6.15. The maximum absolute atomic E-state index is 12.9. The van der Waals surface area contributed by atoms with Crippen molar-refractivity contribution in [1.82, 2.24) is 19.8 Å². The van der Waals surface area contributed by atoms with Gasteiger partial charge in [0.05, 0.1) is 17.8 Å². The van der Waals surface area contributed by atoms with E-state index in [4.69, 9.17) is 4.74 Å². The zero-order valence-corrected chi connectivity index (χ0v) is 17.1. The highest BCUT2D eigenvalue weighted by Gasteiger charge is 2.25. The molecule has 7 nitrogen and oxygen atoms in total. The predicted octanol–water partition coefficient (Wildman–Crippen LogP) is 2.34. The number of aromatic nitrogens is 2. The lowest BCUT2D eigenvalue weighted by atomic mass is 10.1. The van der Waals surface area contributed by atoms with Gasteiger partial charge in [0, 0.05) is 57.8 Å². The number of nitrogens with zero attached hydrogens (tertiary/aromatic N) is 4. The molecule has 28 heavy (non-hydrogen) atoms. The Bertz CT molecular complexity index is 817. The fourth-order valence-electron chi connectivity index (χ4n) is 4.24. The normalized spacial score (nSPS) is 19.7. The zero-order valence-electron chi connectivity index (χ0n) is 17.1. The molecule has 0 bridgehead atoms. The lowest BCUT2D eigenvalue weighted by Gasteiger charge is -2.37. The summed E-state index contributed by atoms with van der Waals surface area (Å²) in [4.78, 5) is 27.5. The Kier molecular flexibility index (Phi) is 5.55. The number of carbonyl (C=O) groups is 1. The van der Waals surface area contributed by atoms with Gasteiger partial charge in [0.25, 0.3) is 5.91 Å². The molecule has 2 aliphatic rings. The van der Waals surface area contributed by atoms with Gasteiger partial charge in [-0.2, -0.15) is 0 Å². The summed E-state index contributed by atoms with van der Waals surface area (Å²) in [7, 11) is 1.74. The summed E-state index contributed by atoms with van der Waals surface area (Å²) in [5.74, 6) is 1.06. The number of nitrogens with one attached hydrogen (secondary N) is 1. The van der Waals surface area contributed by atoms with E-state index in [2.05, 4.69) is 39.7 Å². The number of ether oxygens (including phenoxy) is 1. The molecule has 0 spiro atoms. The number of amides is 1. The lowest BCUT2D eigenvalue weighted by molar-refractivity contribution is 0.0348. The quantitative estimate of drug-likeness (QED) is 0.875. The molecule has 7 heteroatoms. The van der Waals surface area contributed by atoms with Crippen molar-refractivity contribution in [3.63, 3.8) is 0 Å². The fourth-order valence-corrected chi connectivity index (χ4v) is 4.24. The standard InChI is InChI=1S/C21H31N5O2/c1-15(2)24-8-10-25(11-9-24)20-13-16-12-18(23-19(16)14-22-20)21(27)26-6-4-17(28-3)5-7-26/h12-15,17,23H,4-11H2,1-3H3. The third kappa shape index (κ3) is 3.86. The van der Waals surface area contributed by atoms with E-state index in [1.807, 2.05) is 17.2 Å². The van der Waals surface area contributed by atoms with Gasteiger partial charge in [-0.15, -0.1) is 0 Å². The zero-order chi connectivity index (χ0) is 19.7. The van der Waals surface area contributed by atoms with Gasteiger partial charge in [-0.1, -0.05) is 0 Å². The Morgan fingerprint density at radius 3 is 2.50 bits per heavy atom. The molecule has 152 valence electrons. The van der Waals surface area contributed by atoms with Gasteiger partial charge in [0.2, 0.25) is 0 Å². The van der Waals surface area contributed by atoms with Crippen LogP contribution in [-0.4, -0.2) is 84.2 Å². The number of aromatic amines is 1. The fraction of sp³-hybridized carbons (Fsp3) is 0.619. The van der Waals surface area contributed by atoms with Gasteiger partial charge < -0.3 is 19.5 Å². The number of piperazine rings is 1. The Morgan fingerprint density at radius 2 is 1.86 bits per heavy atom. The lowest BCUT2D eigenvalue weighted by Crippen LogP contribution is -2.49. The summed E-state index contributed by atoms with van der Waals surface area (Å²) in [6.45, 7) is 10.1. The topological polar surface area (TPSA) is 64.7 Å². The molecule has 4 heterocycles. The van der Waals surface area contributed by atoms with Crippen LogP contribution in [0.25, 0.3) is 10.9 Å². The van der Waals surface area contributed by atoms with E-state index in [1.54, 1.807) is 7.11 Å². The largest absolute Gasteiger partial charge is 0.381 e. The van der Waals surface area contributed by atoms with Gasteiger partial charge in [0.15, 0.2) is 0 Å². The maximum Gasteiger partial charge on any atom is 0.270 e. The minimum absolute atomic E-state index is 0.0675. The van der Waals surface area contributed by atoms with E-state index in [-0.39, 0.29) is 12.0 Å². The van der Waals surface area contributed by atoms with Crippen molar-refractivity contribution in [2.45, 2.75) is 38.8 Å². The Labute approximate surface area is 166 Å². The number of hydrogen-bond donors (Lipinski definition) is 1. The number of likely N-dealkylation sites (tertiary alicyclic amines) is 1. The van der Waals surface area contributed by atoms with Crippen LogP contribution in [0.15, 0.2) is 18.3 Å².